The Labute approximate surface area is 152 Å². The van der Waals surface area contributed by atoms with E-state index in [0.717, 1.165) is 11.1 Å². The number of likely N-dealkylation sites (N-methyl/N-ethyl adjacent to an activating group) is 1. The molecular formula is C18H20Cl2N2O2. The lowest BCUT2D eigenvalue weighted by Gasteiger charge is -2.21. The van der Waals surface area contributed by atoms with E-state index in [4.69, 9.17) is 23.2 Å². The fourth-order valence-corrected chi connectivity index (χ4v) is 2.87. The normalized spacial score (nSPS) is 12.2. The number of amides is 1. The molecule has 0 aliphatic rings. The van der Waals surface area contributed by atoms with Crippen LogP contribution in [0, 0.1) is 0 Å². The van der Waals surface area contributed by atoms with Crippen LogP contribution in [0.1, 0.15) is 24.2 Å². The molecule has 1 atom stereocenters. The summed E-state index contributed by atoms with van der Waals surface area (Å²) in [6.45, 7) is 2.52. The number of hydrogen-bond acceptors (Lipinski definition) is 3. The molecule has 0 bridgehead atoms. The number of rotatable bonds is 6. The lowest BCUT2D eigenvalue weighted by Crippen LogP contribution is -2.24. The number of aliphatic hydroxyl groups is 1. The van der Waals surface area contributed by atoms with E-state index in [1.54, 1.807) is 36.4 Å². The van der Waals surface area contributed by atoms with E-state index in [9.17, 15) is 9.90 Å². The molecule has 0 aliphatic heterocycles. The van der Waals surface area contributed by atoms with Gasteiger partial charge in [-0.1, -0.05) is 41.4 Å². The molecule has 2 aromatic rings. The van der Waals surface area contributed by atoms with Gasteiger partial charge in [0.25, 0.3) is 0 Å². The average molecular weight is 367 g/mol. The lowest BCUT2D eigenvalue weighted by molar-refractivity contribution is -0.114. The summed E-state index contributed by atoms with van der Waals surface area (Å²) < 4.78 is 0. The zero-order valence-corrected chi connectivity index (χ0v) is 15.1. The summed E-state index contributed by atoms with van der Waals surface area (Å²) in [5, 5.41) is 14.3. The molecule has 0 radical (unpaired) electrons. The van der Waals surface area contributed by atoms with Gasteiger partial charge in [-0.15, -0.1) is 0 Å². The molecule has 0 spiro atoms. The second kappa shape index (κ2) is 8.49. The van der Waals surface area contributed by atoms with Crippen LogP contribution in [0.2, 0.25) is 10.0 Å². The van der Waals surface area contributed by atoms with Crippen molar-refractivity contribution in [2.75, 3.05) is 18.9 Å². The number of hydrogen-bond donors (Lipinski definition) is 2. The molecule has 0 saturated carbocycles. The summed E-state index contributed by atoms with van der Waals surface area (Å²) in [5.41, 5.74) is 2.45. The van der Waals surface area contributed by atoms with Gasteiger partial charge < -0.3 is 10.4 Å². The monoisotopic (exact) mass is 366 g/mol. The molecule has 1 amide bonds. The number of nitrogens with one attached hydrogen (secondary N) is 1. The average Bonchev–Trinajstić information content (AvgIpc) is 2.50. The third-order valence-electron chi connectivity index (χ3n) is 3.56. The summed E-state index contributed by atoms with van der Waals surface area (Å²) in [6, 6.07) is 12.6. The van der Waals surface area contributed by atoms with E-state index in [0.29, 0.717) is 28.8 Å². The van der Waals surface area contributed by atoms with E-state index in [1.165, 1.54) is 6.92 Å². The fraction of sp³-hybridized carbons (Fsp3) is 0.278. The van der Waals surface area contributed by atoms with Crippen molar-refractivity contribution in [3.8, 4) is 0 Å². The van der Waals surface area contributed by atoms with E-state index in [-0.39, 0.29) is 5.91 Å². The van der Waals surface area contributed by atoms with Crippen LogP contribution in [-0.4, -0.2) is 29.5 Å². The second-order valence-corrected chi connectivity index (χ2v) is 6.60. The molecule has 0 aliphatic carbocycles. The van der Waals surface area contributed by atoms with Crippen molar-refractivity contribution in [1.82, 2.24) is 4.90 Å². The van der Waals surface area contributed by atoms with Crippen molar-refractivity contribution in [2.45, 2.75) is 19.6 Å². The first kappa shape index (κ1) is 18.7. The third-order valence-corrected chi connectivity index (χ3v) is 4.14. The van der Waals surface area contributed by atoms with Crippen molar-refractivity contribution in [3.05, 3.63) is 63.6 Å². The molecule has 4 nitrogen and oxygen atoms in total. The largest absolute Gasteiger partial charge is 0.387 e. The Hall–Kier alpha value is -1.59. The molecular weight excluding hydrogens is 347 g/mol. The molecule has 0 heterocycles. The Balaban J connectivity index is 1.95. The van der Waals surface area contributed by atoms with Gasteiger partial charge in [0.2, 0.25) is 5.91 Å². The van der Waals surface area contributed by atoms with Crippen molar-refractivity contribution in [1.29, 1.82) is 0 Å². The van der Waals surface area contributed by atoms with Crippen LogP contribution < -0.4 is 5.32 Å². The van der Waals surface area contributed by atoms with Gasteiger partial charge in [0, 0.05) is 35.7 Å². The summed E-state index contributed by atoms with van der Waals surface area (Å²) in [4.78, 5) is 13.0. The lowest BCUT2D eigenvalue weighted by atomic mass is 10.1. The molecule has 0 saturated heterocycles. The number of benzene rings is 2. The molecule has 0 aromatic heterocycles. The SMILES string of the molecule is CC(=O)Nc1ccc(C(O)CN(C)Cc2ccc(Cl)cc2Cl)cc1. The molecule has 2 aromatic carbocycles. The fourth-order valence-electron chi connectivity index (χ4n) is 2.40. The number of carbonyl (C=O) groups excluding carboxylic acids is 1. The smallest absolute Gasteiger partial charge is 0.221 e. The molecule has 1 unspecified atom stereocenters. The standard InChI is InChI=1S/C18H20Cl2N2O2/c1-12(23)21-16-7-4-13(5-8-16)18(24)11-22(2)10-14-3-6-15(19)9-17(14)20/h3-9,18,24H,10-11H2,1-2H3,(H,21,23). The molecule has 128 valence electrons. The number of carbonyl (C=O) groups is 1. The van der Waals surface area contributed by atoms with Crippen LogP contribution in [0.25, 0.3) is 0 Å². The first-order chi connectivity index (χ1) is 11.3. The van der Waals surface area contributed by atoms with Crippen molar-refractivity contribution in [3.63, 3.8) is 0 Å². The van der Waals surface area contributed by atoms with Crippen molar-refractivity contribution >= 4 is 34.8 Å². The summed E-state index contributed by atoms with van der Waals surface area (Å²) in [6.07, 6.45) is -0.632. The van der Waals surface area contributed by atoms with E-state index >= 15 is 0 Å². The Kier molecular flexibility index (Phi) is 6.63. The van der Waals surface area contributed by atoms with Gasteiger partial charge in [-0.3, -0.25) is 9.69 Å². The highest BCUT2D eigenvalue weighted by Crippen LogP contribution is 2.23. The maximum atomic E-state index is 11.0. The zero-order chi connectivity index (χ0) is 17.7. The Bertz CT molecular complexity index is 705. The highest BCUT2D eigenvalue weighted by molar-refractivity contribution is 6.35. The minimum Gasteiger partial charge on any atom is -0.387 e. The van der Waals surface area contributed by atoms with Gasteiger partial charge in [0.15, 0.2) is 0 Å². The summed E-state index contributed by atoms with van der Waals surface area (Å²) >= 11 is 12.1. The first-order valence-corrected chi connectivity index (χ1v) is 8.29. The quantitative estimate of drug-likeness (QED) is 0.808. The number of halogens is 2. The predicted octanol–water partition coefficient (Wildman–Crippen LogP) is 4.12. The maximum absolute atomic E-state index is 11.0. The number of aliphatic hydroxyl groups excluding tert-OH is 1. The van der Waals surface area contributed by atoms with Crippen molar-refractivity contribution < 1.29 is 9.90 Å². The van der Waals surface area contributed by atoms with Crippen LogP contribution in [0.5, 0.6) is 0 Å². The Morgan fingerprint density at radius 2 is 1.88 bits per heavy atom. The number of anilines is 1. The molecule has 24 heavy (non-hydrogen) atoms. The second-order valence-electron chi connectivity index (χ2n) is 5.75. The van der Waals surface area contributed by atoms with Gasteiger partial charge in [-0.05, 0) is 42.4 Å². The summed E-state index contributed by atoms with van der Waals surface area (Å²) in [7, 11) is 1.92. The highest BCUT2D eigenvalue weighted by Gasteiger charge is 2.12. The summed E-state index contributed by atoms with van der Waals surface area (Å²) in [5.74, 6) is -0.122. The van der Waals surface area contributed by atoms with Crippen LogP contribution in [0.15, 0.2) is 42.5 Å². The van der Waals surface area contributed by atoms with Gasteiger partial charge in [-0.25, -0.2) is 0 Å². The van der Waals surface area contributed by atoms with E-state index in [1.807, 2.05) is 18.0 Å². The van der Waals surface area contributed by atoms with Crippen LogP contribution >= 0.6 is 23.2 Å². The van der Waals surface area contributed by atoms with E-state index in [2.05, 4.69) is 5.32 Å². The van der Waals surface area contributed by atoms with Crippen LogP contribution in [0.4, 0.5) is 5.69 Å². The molecule has 2 N–H and O–H groups in total. The topological polar surface area (TPSA) is 52.6 Å². The van der Waals surface area contributed by atoms with Crippen molar-refractivity contribution in [2.24, 2.45) is 0 Å². The minimum atomic E-state index is -0.632. The predicted molar refractivity (Wildman–Crippen MR) is 98.5 cm³/mol. The first-order valence-electron chi connectivity index (χ1n) is 7.53. The Morgan fingerprint density at radius 3 is 2.46 bits per heavy atom. The van der Waals surface area contributed by atoms with E-state index < -0.39 is 6.10 Å². The van der Waals surface area contributed by atoms with Gasteiger partial charge in [-0.2, -0.15) is 0 Å². The van der Waals surface area contributed by atoms with Crippen LogP contribution in [0.3, 0.4) is 0 Å². The van der Waals surface area contributed by atoms with Gasteiger partial charge in [0.05, 0.1) is 6.10 Å². The minimum absolute atomic E-state index is 0.122. The number of nitrogens with zero attached hydrogens (tertiary/aromatic N) is 1. The van der Waals surface area contributed by atoms with Gasteiger partial charge >= 0.3 is 0 Å². The third kappa shape index (κ3) is 5.49. The molecule has 0 fully saturated rings. The Morgan fingerprint density at radius 1 is 1.21 bits per heavy atom. The molecule has 2 rings (SSSR count). The maximum Gasteiger partial charge on any atom is 0.221 e. The van der Waals surface area contributed by atoms with Gasteiger partial charge in [0.1, 0.15) is 0 Å². The highest BCUT2D eigenvalue weighted by atomic mass is 35.5. The zero-order valence-electron chi connectivity index (χ0n) is 13.6. The molecule has 6 heteroatoms. The van der Waals surface area contributed by atoms with Crippen LogP contribution in [-0.2, 0) is 11.3 Å².